The molecule has 1 unspecified atom stereocenters. The summed E-state index contributed by atoms with van der Waals surface area (Å²) in [6, 6.07) is 7.77. The molecule has 0 spiro atoms. The molecule has 5 rings (SSSR count). The Hall–Kier alpha value is -4.26. The summed E-state index contributed by atoms with van der Waals surface area (Å²) < 4.78 is 77.3. The molecule has 2 saturated heterocycles. The van der Waals surface area contributed by atoms with Gasteiger partial charge in [-0.15, -0.1) is 11.3 Å². The van der Waals surface area contributed by atoms with Crippen LogP contribution < -0.4 is 20.7 Å². The second-order valence-electron chi connectivity index (χ2n) is 11.3. The Balaban J connectivity index is 1.31. The van der Waals surface area contributed by atoms with Gasteiger partial charge in [0.15, 0.2) is 6.10 Å². The maximum absolute atomic E-state index is 14.7. The van der Waals surface area contributed by atoms with Gasteiger partial charge in [-0.05, 0) is 35.9 Å². The molecular weight excluding hydrogens is 656 g/mol. The fourth-order valence-electron chi connectivity index (χ4n) is 5.60. The molecule has 10 nitrogen and oxygen atoms in total. The number of rotatable bonds is 12. The van der Waals surface area contributed by atoms with Crippen LogP contribution in [0.4, 0.5) is 33.7 Å². The molecule has 1 amide bonds. The average molecular weight is 693 g/mol. The largest absolute Gasteiger partial charge is 0.508 e. The van der Waals surface area contributed by atoms with E-state index in [0.29, 0.717) is 21.5 Å². The summed E-state index contributed by atoms with van der Waals surface area (Å²) in [4.78, 5) is 25.8. The third-order valence-corrected chi connectivity index (χ3v) is 9.11. The van der Waals surface area contributed by atoms with Gasteiger partial charge in [-0.25, -0.2) is 9.18 Å². The van der Waals surface area contributed by atoms with Crippen molar-refractivity contribution in [3.63, 3.8) is 0 Å². The molecule has 0 bridgehead atoms. The van der Waals surface area contributed by atoms with Crippen molar-refractivity contribution in [1.29, 1.82) is 0 Å². The normalized spacial score (nSPS) is 17.0. The number of benzene rings is 2. The summed E-state index contributed by atoms with van der Waals surface area (Å²) in [6.07, 6.45) is -4.90. The summed E-state index contributed by atoms with van der Waals surface area (Å²) >= 11 is 1.20. The number of amides is 1. The third-order valence-electron chi connectivity index (χ3n) is 7.91. The first-order valence-corrected chi connectivity index (χ1v) is 16.2. The van der Waals surface area contributed by atoms with Gasteiger partial charge in [0.1, 0.15) is 24.8 Å². The first kappa shape index (κ1) is 35.1. The maximum atomic E-state index is 14.7. The number of cyclic esters (lactones) is 2. The van der Waals surface area contributed by atoms with Crippen molar-refractivity contribution in [2.75, 3.05) is 70.8 Å². The van der Waals surface area contributed by atoms with E-state index in [0.717, 1.165) is 37.7 Å². The lowest BCUT2D eigenvalue weighted by Gasteiger charge is -2.33. The number of hydrogen-bond acceptors (Lipinski definition) is 10. The van der Waals surface area contributed by atoms with Gasteiger partial charge < -0.3 is 34.9 Å². The van der Waals surface area contributed by atoms with E-state index in [-0.39, 0.29) is 61.1 Å². The van der Waals surface area contributed by atoms with Crippen LogP contribution in [-0.2, 0) is 20.6 Å². The zero-order valence-electron chi connectivity index (χ0n) is 26.4. The van der Waals surface area contributed by atoms with Gasteiger partial charge in [0.05, 0.1) is 46.1 Å². The molecule has 48 heavy (non-hydrogen) atoms. The standard InChI is InChI=1S/C33H36F4N4O6S/c1-38-31(42)23-15-28(45-14-13-44-2)27(16-25(23)34)39-10-4-7-29-24(17-33(35,36)37)22-5-3-6-26(30(22)48-29)40-20-8-11-41(12-9-20)18-21-19-46-32(43)47-21/h3,5-6,15-16,20-21,39-40H,8-14,17-19H2,1-2H3,(H,38,42). The minimum Gasteiger partial charge on any atom is -0.489 e. The topological polar surface area (TPSA) is 110 Å². The molecule has 1 atom stereocenters. The second-order valence-corrected chi connectivity index (χ2v) is 12.3. The lowest BCUT2D eigenvalue weighted by atomic mass is 10.0. The SMILES string of the molecule is CNC(=O)c1cc(OCCOC)c(NCC#Cc2sc3c(NC4CCN(CC5COC(=O)O5)CC4)cccc3c2CC(F)(F)F)cc1F. The number of carbonyl (C=O) groups is 2. The van der Waals surface area contributed by atoms with Crippen LogP contribution in [-0.4, -0.2) is 95.4 Å². The fraction of sp³-hybridized carbons (Fsp3) is 0.455. The van der Waals surface area contributed by atoms with Crippen molar-refractivity contribution in [1.82, 2.24) is 10.2 Å². The second kappa shape index (κ2) is 15.8. The molecule has 3 aromatic rings. The maximum Gasteiger partial charge on any atom is 0.508 e. The van der Waals surface area contributed by atoms with Gasteiger partial charge in [-0.2, -0.15) is 13.2 Å². The Morgan fingerprint density at radius 2 is 1.96 bits per heavy atom. The van der Waals surface area contributed by atoms with Crippen LogP contribution in [0.2, 0.25) is 0 Å². The summed E-state index contributed by atoms with van der Waals surface area (Å²) in [5.74, 6) is 4.57. The highest BCUT2D eigenvalue weighted by Crippen LogP contribution is 2.39. The summed E-state index contributed by atoms with van der Waals surface area (Å²) in [6.45, 7) is 2.74. The summed E-state index contributed by atoms with van der Waals surface area (Å²) in [5, 5.41) is 9.35. The highest BCUT2D eigenvalue weighted by Gasteiger charge is 2.32. The number of thiophene rings is 1. The minimum atomic E-state index is -4.45. The highest BCUT2D eigenvalue weighted by molar-refractivity contribution is 7.20. The van der Waals surface area contributed by atoms with Gasteiger partial charge >= 0.3 is 12.3 Å². The lowest BCUT2D eigenvalue weighted by molar-refractivity contribution is -0.126. The number of anilines is 2. The van der Waals surface area contributed by atoms with Gasteiger partial charge in [-0.1, -0.05) is 24.0 Å². The van der Waals surface area contributed by atoms with Crippen LogP contribution in [0, 0.1) is 17.7 Å². The molecule has 2 aromatic carbocycles. The van der Waals surface area contributed by atoms with Gasteiger partial charge in [-0.3, -0.25) is 9.69 Å². The molecule has 2 fully saturated rings. The van der Waals surface area contributed by atoms with E-state index in [2.05, 4.69) is 32.7 Å². The zero-order valence-corrected chi connectivity index (χ0v) is 27.2. The number of piperidine rings is 1. The Labute approximate surface area is 279 Å². The van der Waals surface area contributed by atoms with Crippen molar-refractivity contribution >= 4 is 44.9 Å². The van der Waals surface area contributed by atoms with Gasteiger partial charge in [0, 0.05) is 45.9 Å². The van der Waals surface area contributed by atoms with Crippen molar-refractivity contribution in [3.8, 4) is 17.6 Å². The number of alkyl halides is 3. The minimum absolute atomic E-state index is 0.0328. The molecule has 2 aliphatic rings. The lowest BCUT2D eigenvalue weighted by Crippen LogP contribution is -2.43. The quantitative estimate of drug-likeness (QED) is 0.0995. The monoisotopic (exact) mass is 692 g/mol. The molecule has 0 radical (unpaired) electrons. The molecule has 0 saturated carbocycles. The first-order chi connectivity index (χ1) is 23.0. The number of carbonyl (C=O) groups excluding carboxylic acids is 2. The molecule has 15 heteroatoms. The number of nitrogens with one attached hydrogen (secondary N) is 3. The highest BCUT2D eigenvalue weighted by atomic mass is 32.1. The van der Waals surface area contributed by atoms with Gasteiger partial charge in [0.2, 0.25) is 0 Å². The van der Waals surface area contributed by atoms with Crippen molar-refractivity contribution in [3.05, 3.63) is 52.2 Å². The van der Waals surface area contributed by atoms with Crippen LogP contribution in [0.5, 0.6) is 5.75 Å². The molecular formula is C33H36F4N4O6S. The Kier molecular flexibility index (Phi) is 11.5. The van der Waals surface area contributed by atoms with Crippen LogP contribution >= 0.6 is 11.3 Å². The van der Waals surface area contributed by atoms with Crippen LogP contribution in [0.15, 0.2) is 30.3 Å². The Morgan fingerprint density at radius 3 is 2.65 bits per heavy atom. The number of nitrogens with zero attached hydrogens (tertiary/aromatic N) is 1. The molecule has 2 aliphatic heterocycles. The van der Waals surface area contributed by atoms with E-state index in [1.807, 2.05) is 6.07 Å². The molecule has 3 heterocycles. The van der Waals surface area contributed by atoms with E-state index in [9.17, 15) is 27.2 Å². The number of hydrogen-bond donors (Lipinski definition) is 3. The molecule has 258 valence electrons. The summed E-state index contributed by atoms with van der Waals surface area (Å²) in [5.41, 5.74) is 0.872. The van der Waals surface area contributed by atoms with Crippen LogP contribution in [0.25, 0.3) is 10.1 Å². The molecule has 1 aromatic heterocycles. The molecule has 3 N–H and O–H groups in total. The number of halogens is 4. The predicted molar refractivity (Wildman–Crippen MR) is 173 cm³/mol. The van der Waals surface area contributed by atoms with Crippen molar-refractivity contribution in [2.24, 2.45) is 0 Å². The van der Waals surface area contributed by atoms with E-state index < -0.39 is 30.5 Å². The number of fused-ring (bicyclic) bond motifs is 1. The Bertz CT molecular complexity index is 1680. The van der Waals surface area contributed by atoms with E-state index in [1.54, 1.807) is 12.1 Å². The van der Waals surface area contributed by atoms with Crippen molar-refractivity contribution in [2.45, 2.75) is 37.6 Å². The fourth-order valence-corrected chi connectivity index (χ4v) is 6.77. The van der Waals surface area contributed by atoms with Gasteiger partial charge in [0.25, 0.3) is 5.91 Å². The smallest absolute Gasteiger partial charge is 0.489 e. The van der Waals surface area contributed by atoms with Crippen LogP contribution in [0.3, 0.4) is 0 Å². The first-order valence-electron chi connectivity index (χ1n) is 15.4. The van der Waals surface area contributed by atoms with Crippen molar-refractivity contribution < 1.29 is 46.1 Å². The number of ether oxygens (including phenoxy) is 4. The number of likely N-dealkylation sites (tertiary alicyclic amines) is 1. The third kappa shape index (κ3) is 9.00. The summed E-state index contributed by atoms with van der Waals surface area (Å²) in [7, 11) is 2.88. The average Bonchev–Trinajstić information content (AvgIpc) is 3.62. The Morgan fingerprint density at radius 1 is 1.17 bits per heavy atom. The van der Waals surface area contributed by atoms with E-state index >= 15 is 0 Å². The predicted octanol–water partition coefficient (Wildman–Crippen LogP) is 5.41. The zero-order chi connectivity index (χ0) is 34.3. The van der Waals surface area contributed by atoms with Crippen LogP contribution in [0.1, 0.15) is 33.6 Å². The number of methoxy groups -OCH3 is 1. The van der Waals surface area contributed by atoms with E-state index in [1.165, 1.54) is 31.6 Å². The molecule has 0 aliphatic carbocycles. The van der Waals surface area contributed by atoms with E-state index in [4.69, 9.17) is 18.9 Å².